The van der Waals surface area contributed by atoms with E-state index >= 15 is 0 Å². The summed E-state index contributed by atoms with van der Waals surface area (Å²) in [4.78, 5) is 28.8. The van der Waals surface area contributed by atoms with Crippen LogP contribution < -0.4 is 0 Å². The van der Waals surface area contributed by atoms with Gasteiger partial charge in [-0.2, -0.15) is 0 Å². The summed E-state index contributed by atoms with van der Waals surface area (Å²) in [6.07, 6.45) is 2.47. The molecule has 3 heterocycles. The Hall–Kier alpha value is -2.78. The first-order valence-electron chi connectivity index (χ1n) is 10.7. The summed E-state index contributed by atoms with van der Waals surface area (Å²) in [6, 6.07) is 5.73. The van der Waals surface area contributed by atoms with E-state index in [9.17, 15) is 14.7 Å². The molecule has 2 amide bonds. The van der Waals surface area contributed by atoms with E-state index in [1.807, 2.05) is 32.0 Å². The maximum Gasteiger partial charge on any atom is 0.276 e. The van der Waals surface area contributed by atoms with Crippen LogP contribution in [0.1, 0.15) is 44.8 Å². The van der Waals surface area contributed by atoms with Crippen molar-refractivity contribution in [3.05, 3.63) is 46.8 Å². The molecule has 0 aliphatic carbocycles. The number of carbonyl (C=O) groups excluding carboxylic acids is 2. The lowest BCUT2D eigenvalue weighted by molar-refractivity contribution is -0.0318. The number of amides is 2. The van der Waals surface area contributed by atoms with Gasteiger partial charge in [0.1, 0.15) is 0 Å². The molecule has 4 rings (SSSR count). The van der Waals surface area contributed by atoms with Crippen LogP contribution in [-0.2, 0) is 11.3 Å². The molecule has 2 aliphatic rings. The van der Waals surface area contributed by atoms with Gasteiger partial charge in [-0.3, -0.25) is 9.59 Å². The number of rotatable bonds is 4. The Morgan fingerprint density at radius 2 is 1.71 bits per heavy atom. The first kappa shape index (κ1) is 21.5. The van der Waals surface area contributed by atoms with Crippen LogP contribution in [0.2, 0.25) is 0 Å². The first-order valence-corrected chi connectivity index (χ1v) is 10.7. The SMILES string of the molecule is Cc1ccc(C(=O)N2CCC(O)(Cn3cc(C(=O)N4CCOCC4)nn3)CC2)cc1C. The van der Waals surface area contributed by atoms with Crippen molar-refractivity contribution in [2.24, 2.45) is 0 Å². The Labute approximate surface area is 181 Å². The van der Waals surface area contributed by atoms with Crippen molar-refractivity contribution in [2.45, 2.75) is 38.8 Å². The van der Waals surface area contributed by atoms with Crippen molar-refractivity contribution in [3.63, 3.8) is 0 Å². The Bertz CT molecular complexity index is 959. The number of carbonyl (C=O) groups is 2. The van der Waals surface area contributed by atoms with Crippen LogP contribution in [0.5, 0.6) is 0 Å². The highest BCUT2D eigenvalue weighted by Gasteiger charge is 2.35. The zero-order valence-electron chi connectivity index (χ0n) is 18.1. The predicted molar refractivity (Wildman–Crippen MR) is 113 cm³/mol. The Morgan fingerprint density at radius 1 is 1.03 bits per heavy atom. The zero-order valence-corrected chi connectivity index (χ0v) is 18.1. The molecule has 0 saturated carbocycles. The second-order valence-electron chi connectivity index (χ2n) is 8.52. The fourth-order valence-electron chi connectivity index (χ4n) is 4.04. The lowest BCUT2D eigenvalue weighted by atomic mass is 9.91. The number of benzene rings is 1. The molecule has 1 N–H and O–H groups in total. The van der Waals surface area contributed by atoms with Crippen LogP contribution in [-0.4, -0.2) is 86.7 Å². The number of morpholine rings is 1. The standard InChI is InChI=1S/C22H29N5O4/c1-16-3-4-18(13-17(16)2)20(28)25-7-5-22(30,6-8-25)15-27-14-19(23-24-27)21(29)26-9-11-31-12-10-26/h3-4,13-14,30H,5-12,15H2,1-2H3. The lowest BCUT2D eigenvalue weighted by Gasteiger charge is -2.38. The van der Waals surface area contributed by atoms with E-state index in [4.69, 9.17) is 4.74 Å². The van der Waals surface area contributed by atoms with Gasteiger partial charge in [-0.25, -0.2) is 4.68 Å². The minimum absolute atomic E-state index is 0.00991. The minimum Gasteiger partial charge on any atom is -0.388 e. The predicted octanol–water partition coefficient (Wildman–Crippen LogP) is 1.03. The zero-order chi connectivity index (χ0) is 22.0. The van der Waals surface area contributed by atoms with Crippen molar-refractivity contribution >= 4 is 11.8 Å². The van der Waals surface area contributed by atoms with Crippen LogP contribution in [0, 0.1) is 13.8 Å². The summed E-state index contributed by atoms with van der Waals surface area (Å²) in [5, 5.41) is 19.1. The quantitative estimate of drug-likeness (QED) is 0.782. The average Bonchev–Trinajstić information content (AvgIpc) is 3.23. The summed E-state index contributed by atoms with van der Waals surface area (Å²) in [7, 11) is 0. The van der Waals surface area contributed by atoms with E-state index in [0.717, 1.165) is 11.1 Å². The Kier molecular flexibility index (Phi) is 6.06. The molecular formula is C22H29N5O4. The molecule has 166 valence electrons. The number of piperidine rings is 1. The van der Waals surface area contributed by atoms with Gasteiger partial charge in [0.2, 0.25) is 0 Å². The highest BCUT2D eigenvalue weighted by atomic mass is 16.5. The van der Waals surface area contributed by atoms with E-state index < -0.39 is 5.60 Å². The third-order valence-electron chi connectivity index (χ3n) is 6.25. The number of aromatic nitrogens is 3. The van der Waals surface area contributed by atoms with Crippen molar-refractivity contribution in [2.75, 3.05) is 39.4 Å². The molecule has 2 aromatic rings. The van der Waals surface area contributed by atoms with Gasteiger partial charge in [0, 0.05) is 31.7 Å². The van der Waals surface area contributed by atoms with E-state index in [-0.39, 0.29) is 24.1 Å². The summed E-state index contributed by atoms with van der Waals surface area (Å²) >= 11 is 0. The molecule has 0 bridgehead atoms. The van der Waals surface area contributed by atoms with Gasteiger partial charge in [-0.05, 0) is 49.9 Å². The number of aryl methyl sites for hydroxylation is 2. The molecule has 0 atom stereocenters. The number of hydrogen-bond acceptors (Lipinski definition) is 6. The van der Waals surface area contributed by atoms with Gasteiger partial charge >= 0.3 is 0 Å². The normalized spacial score (nSPS) is 18.8. The number of ether oxygens (including phenoxy) is 1. The molecule has 2 saturated heterocycles. The Balaban J connectivity index is 1.34. The summed E-state index contributed by atoms with van der Waals surface area (Å²) in [6.45, 7) is 7.33. The molecule has 0 spiro atoms. The van der Waals surface area contributed by atoms with Gasteiger partial charge in [-0.1, -0.05) is 11.3 Å². The van der Waals surface area contributed by atoms with Gasteiger partial charge < -0.3 is 19.6 Å². The van der Waals surface area contributed by atoms with Crippen LogP contribution in [0.15, 0.2) is 24.4 Å². The third kappa shape index (κ3) is 4.77. The summed E-state index contributed by atoms with van der Waals surface area (Å²) < 4.78 is 6.80. The fraction of sp³-hybridized carbons (Fsp3) is 0.545. The van der Waals surface area contributed by atoms with Gasteiger partial charge in [0.25, 0.3) is 11.8 Å². The second kappa shape index (κ2) is 8.76. The molecule has 0 unspecified atom stereocenters. The van der Waals surface area contributed by atoms with Gasteiger partial charge in [0.15, 0.2) is 5.69 Å². The molecule has 1 aromatic heterocycles. The highest BCUT2D eigenvalue weighted by Crippen LogP contribution is 2.25. The summed E-state index contributed by atoms with van der Waals surface area (Å²) in [5.74, 6) is -0.181. The fourth-order valence-corrected chi connectivity index (χ4v) is 4.04. The molecule has 9 heteroatoms. The molecular weight excluding hydrogens is 398 g/mol. The van der Waals surface area contributed by atoms with Crippen LogP contribution in [0.25, 0.3) is 0 Å². The summed E-state index contributed by atoms with van der Waals surface area (Å²) in [5.41, 5.74) is 2.20. The number of nitrogens with zero attached hydrogens (tertiary/aromatic N) is 5. The largest absolute Gasteiger partial charge is 0.388 e. The molecule has 0 radical (unpaired) electrons. The molecule has 1 aromatic carbocycles. The van der Waals surface area contributed by atoms with Crippen molar-refractivity contribution in [1.82, 2.24) is 24.8 Å². The maximum absolute atomic E-state index is 12.8. The van der Waals surface area contributed by atoms with Gasteiger partial charge in [-0.15, -0.1) is 5.10 Å². The maximum atomic E-state index is 12.8. The second-order valence-corrected chi connectivity index (χ2v) is 8.52. The number of likely N-dealkylation sites (tertiary alicyclic amines) is 1. The lowest BCUT2D eigenvalue weighted by Crippen LogP contribution is -2.48. The monoisotopic (exact) mass is 427 g/mol. The molecule has 9 nitrogen and oxygen atoms in total. The van der Waals surface area contributed by atoms with Crippen LogP contribution in [0.3, 0.4) is 0 Å². The van der Waals surface area contributed by atoms with E-state index in [0.29, 0.717) is 57.8 Å². The topological polar surface area (TPSA) is 101 Å². The molecule has 2 aliphatic heterocycles. The van der Waals surface area contributed by atoms with Crippen molar-refractivity contribution < 1.29 is 19.4 Å². The number of hydrogen-bond donors (Lipinski definition) is 1. The van der Waals surface area contributed by atoms with Crippen molar-refractivity contribution in [3.8, 4) is 0 Å². The van der Waals surface area contributed by atoms with E-state index in [2.05, 4.69) is 10.3 Å². The first-order chi connectivity index (χ1) is 14.8. The molecule has 31 heavy (non-hydrogen) atoms. The average molecular weight is 428 g/mol. The van der Waals surface area contributed by atoms with Crippen LogP contribution in [0.4, 0.5) is 0 Å². The minimum atomic E-state index is -0.993. The van der Waals surface area contributed by atoms with Crippen LogP contribution >= 0.6 is 0 Å². The molecule has 2 fully saturated rings. The smallest absolute Gasteiger partial charge is 0.276 e. The van der Waals surface area contributed by atoms with Gasteiger partial charge in [0.05, 0.1) is 31.6 Å². The Morgan fingerprint density at radius 3 is 2.39 bits per heavy atom. The van der Waals surface area contributed by atoms with E-state index in [1.165, 1.54) is 4.68 Å². The number of aliphatic hydroxyl groups is 1. The highest BCUT2D eigenvalue weighted by molar-refractivity contribution is 5.94. The third-order valence-corrected chi connectivity index (χ3v) is 6.25. The van der Waals surface area contributed by atoms with Crippen molar-refractivity contribution in [1.29, 1.82) is 0 Å². The van der Waals surface area contributed by atoms with E-state index in [1.54, 1.807) is 16.0 Å².